The normalized spacial score (nSPS) is 28.7. The van der Waals surface area contributed by atoms with Gasteiger partial charge in [0, 0.05) is 31.8 Å². The van der Waals surface area contributed by atoms with Crippen LogP contribution in [0.25, 0.3) is 0 Å². The monoisotopic (exact) mass is 313 g/mol. The van der Waals surface area contributed by atoms with Gasteiger partial charge in [0.25, 0.3) is 0 Å². The minimum Gasteiger partial charge on any atom is -0.342 e. The zero-order valence-corrected chi connectivity index (χ0v) is 13.5. The van der Waals surface area contributed by atoms with Crippen molar-refractivity contribution < 1.29 is 14.4 Å². The maximum absolute atomic E-state index is 12.9. The van der Waals surface area contributed by atoms with E-state index in [1.54, 1.807) is 0 Å². The Morgan fingerprint density at radius 3 is 2.26 bits per heavy atom. The van der Waals surface area contributed by atoms with Crippen molar-refractivity contribution in [2.45, 2.75) is 38.5 Å². The molecule has 1 saturated carbocycles. The van der Waals surface area contributed by atoms with Crippen molar-refractivity contribution in [2.24, 2.45) is 11.8 Å². The van der Waals surface area contributed by atoms with Crippen molar-refractivity contribution in [1.82, 2.24) is 4.90 Å². The van der Waals surface area contributed by atoms with E-state index < -0.39 is 0 Å². The standard InChI is InChI=1S/C19H23NO3/c1-13-15(14-7-3-2-4-8-14)11-17(21)18(22)12-16(13)19(23)20-9-5-6-10-20/h2-4,7-8,13,15-16H,5-6,9-12H2,1H3/t13-,15+,16+/m0/s1. The summed E-state index contributed by atoms with van der Waals surface area (Å²) in [7, 11) is 0. The average molecular weight is 313 g/mol. The van der Waals surface area contributed by atoms with Gasteiger partial charge in [-0.05, 0) is 30.2 Å². The van der Waals surface area contributed by atoms with E-state index in [-0.39, 0.29) is 48.1 Å². The van der Waals surface area contributed by atoms with Gasteiger partial charge in [-0.1, -0.05) is 37.3 Å². The van der Waals surface area contributed by atoms with Gasteiger partial charge in [0.15, 0.2) is 11.6 Å². The number of nitrogens with zero attached hydrogens (tertiary/aromatic N) is 1. The molecule has 0 N–H and O–H groups in total. The van der Waals surface area contributed by atoms with Gasteiger partial charge in [0.2, 0.25) is 5.91 Å². The number of benzene rings is 1. The first kappa shape index (κ1) is 15.9. The Morgan fingerprint density at radius 1 is 1.00 bits per heavy atom. The third-order valence-corrected chi connectivity index (χ3v) is 5.35. The molecule has 0 unspecified atom stereocenters. The maximum Gasteiger partial charge on any atom is 0.226 e. The van der Waals surface area contributed by atoms with Gasteiger partial charge in [0.1, 0.15) is 0 Å². The number of ketones is 2. The largest absolute Gasteiger partial charge is 0.342 e. The highest BCUT2D eigenvalue weighted by molar-refractivity contribution is 6.37. The van der Waals surface area contributed by atoms with Crippen molar-refractivity contribution in [3.8, 4) is 0 Å². The molecule has 4 heteroatoms. The molecule has 3 rings (SSSR count). The Hall–Kier alpha value is -1.97. The number of carbonyl (C=O) groups is 3. The minimum absolute atomic E-state index is 0.0131. The van der Waals surface area contributed by atoms with Crippen LogP contribution in [0.3, 0.4) is 0 Å². The number of rotatable bonds is 2. The van der Waals surface area contributed by atoms with Gasteiger partial charge in [0.05, 0.1) is 0 Å². The Balaban J connectivity index is 1.90. The molecule has 1 heterocycles. The van der Waals surface area contributed by atoms with E-state index in [1.165, 1.54) is 0 Å². The second-order valence-corrected chi connectivity index (χ2v) is 6.77. The molecule has 1 aliphatic heterocycles. The molecule has 1 aliphatic carbocycles. The van der Waals surface area contributed by atoms with Crippen molar-refractivity contribution >= 4 is 17.5 Å². The molecule has 0 spiro atoms. The van der Waals surface area contributed by atoms with E-state index in [9.17, 15) is 14.4 Å². The fourth-order valence-electron chi connectivity index (χ4n) is 3.89. The molecule has 1 aromatic carbocycles. The van der Waals surface area contributed by atoms with Crippen LogP contribution in [0, 0.1) is 11.8 Å². The second-order valence-electron chi connectivity index (χ2n) is 6.77. The molecule has 0 radical (unpaired) electrons. The quantitative estimate of drug-likeness (QED) is 0.623. The molecule has 0 bridgehead atoms. The molecule has 23 heavy (non-hydrogen) atoms. The number of hydrogen-bond donors (Lipinski definition) is 0. The van der Waals surface area contributed by atoms with Crippen LogP contribution in [0.4, 0.5) is 0 Å². The van der Waals surface area contributed by atoms with E-state index in [1.807, 2.05) is 42.2 Å². The summed E-state index contributed by atoms with van der Waals surface area (Å²) in [4.78, 5) is 39.0. The lowest BCUT2D eigenvalue weighted by Crippen LogP contribution is -2.38. The number of Topliss-reactive ketones (excluding diaryl/α,β-unsaturated/α-hetero) is 2. The summed E-state index contributed by atoms with van der Waals surface area (Å²) < 4.78 is 0. The second kappa shape index (κ2) is 6.65. The predicted octanol–water partition coefficient (Wildman–Crippen LogP) is 2.58. The Labute approximate surface area is 136 Å². The fourth-order valence-corrected chi connectivity index (χ4v) is 3.89. The minimum atomic E-state index is -0.382. The topological polar surface area (TPSA) is 54.5 Å². The van der Waals surface area contributed by atoms with Crippen LogP contribution in [0.2, 0.25) is 0 Å². The van der Waals surface area contributed by atoms with E-state index in [0.717, 1.165) is 31.5 Å². The molecule has 2 fully saturated rings. The molecule has 1 aromatic rings. The summed E-state index contributed by atoms with van der Waals surface area (Å²) in [6, 6.07) is 9.79. The van der Waals surface area contributed by atoms with Gasteiger partial charge in [-0.15, -0.1) is 0 Å². The van der Waals surface area contributed by atoms with E-state index in [4.69, 9.17) is 0 Å². The highest BCUT2D eigenvalue weighted by atomic mass is 16.2. The Kier molecular flexibility index (Phi) is 4.60. The van der Waals surface area contributed by atoms with Crippen molar-refractivity contribution in [1.29, 1.82) is 0 Å². The third-order valence-electron chi connectivity index (χ3n) is 5.35. The first-order valence-corrected chi connectivity index (χ1v) is 8.47. The maximum atomic E-state index is 12.9. The van der Waals surface area contributed by atoms with Crippen molar-refractivity contribution in [2.75, 3.05) is 13.1 Å². The van der Waals surface area contributed by atoms with Crippen molar-refractivity contribution in [3.63, 3.8) is 0 Å². The molecule has 2 aliphatic rings. The SMILES string of the molecule is C[C@@H]1[C@H](C(=O)N2CCCC2)CC(=O)C(=O)C[C@H]1c1ccccc1. The third kappa shape index (κ3) is 3.21. The zero-order valence-electron chi connectivity index (χ0n) is 13.5. The molecular weight excluding hydrogens is 290 g/mol. The number of carbonyl (C=O) groups excluding carboxylic acids is 3. The van der Waals surface area contributed by atoms with Gasteiger partial charge < -0.3 is 4.90 Å². The highest BCUT2D eigenvalue weighted by Crippen LogP contribution is 2.38. The van der Waals surface area contributed by atoms with Gasteiger partial charge in [-0.2, -0.15) is 0 Å². The summed E-state index contributed by atoms with van der Waals surface area (Å²) in [6.45, 7) is 3.57. The number of amides is 1. The van der Waals surface area contributed by atoms with E-state index in [2.05, 4.69) is 0 Å². The Bertz CT molecular complexity index is 604. The van der Waals surface area contributed by atoms with Gasteiger partial charge in [-0.25, -0.2) is 0 Å². The fraction of sp³-hybridized carbons (Fsp3) is 0.526. The molecular formula is C19H23NO3. The van der Waals surface area contributed by atoms with Gasteiger partial charge in [-0.3, -0.25) is 14.4 Å². The summed E-state index contributed by atoms with van der Waals surface area (Å²) in [5.74, 6) is -1.11. The highest BCUT2D eigenvalue weighted by Gasteiger charge is 2.41. The molecule has 4 nitrogen and oxygen atoms in total. The smallest absolute Gasteiger partial charge is 0.226 e. The molecule has 122 valence electrons. The van der Waals surface area contributed by atoms with E-state index >= 15 is 0 Å². The first-order valence-electron chi connectivity index (χ1n) is 8.47. The lowest BCUT2D eigenvalue weighted by molar-refractivity contribution is -0.140. The molecule has 0 aromatic heterocycles. The van der Waals surface area contributed by atoms with Crippen LogP contribution in [-0.2, 0) is 14.4 Å². The van der Waals surface area contributed by atoms with Crippen molar-refractivity contribution in [3.05, 3.63) is 35.9 Å². The van der Waals surface area contributed by atoms with Crippen LogP contribution in [-0.4, -0.2) is 35.5 Å². The first-order chi connectivity index (χ1) is 11.1. The lowest BCUT2D eigenvalue weighted by Gasteiger charge is -2.30. The van der Waals surface area contributed by atoms with Crippen LogP contribution in [0.1, 0.15) is 44.1 Å². The summed E-state index contributed by atoms with van der Waals surface area (Å²) in [5, 5.41) is 0. The van der Waals surface area contributed by atoms with E-state index in [0.29, 0.717) is 0 Å². The summed E-state index contributed by atoms with van der Waals surface area (Å²) in [6.07, 6.45) is 2.34. The van der Waals surface area contributed by atoms with Crippen LogP contribution in [0.15, 0.2) is 30.3 Å². The molecule has 3 atom stereocenters. The van der Waals surface area contributed by atoms with Gasteiger partial charge >= 0.3 is 0 Å². The zero-order chi connectivity index (χ0) is 16.4. The van der Waals surface area contributed by atoms with Crippen LogP contribution < -0.4 is 0 Å². The number of likely N-dealkylation sites (tertiary alicyclic amines) is 1. The summed E-state index contributed by atoms with van der Waals surface area (Å²) >= 11 is 0. The van der Waals surface area contributed by atoms with Crippen LogP contribution in [0.5, 0.6) is 0 Å². The number of hydrogen-bond acceptors (Lipinski definition) is 3. The average Bonchev–Trinajstić information content (AvgIpc) is 3.07. The molecule has 1 amide bonds. The van der Waals surface area contributed by atoms with Crippen LogP contribution >= 0.6 is 0 Å². The summed E-state index contributed by atoms with van der Waals surface area (Å²) in [5.41, 5.74) is 1.04. The Morgan fingerprint density at radius 2 is 1.61 bits per heavy atom. The predicted molar refractivity (Wildman–Crippen MR) is 86.9 cm³/mol. The molecule has 1 saturated heterocycles. The lowest BCUT2D eigenvalue weighted by atomic mass is 9.77.